The van der Waals surface area contributed by atoms with E-state index in [1.165, 1.54) is 0 Å². The lowest BCUT2D eigenvalue weighted by molar-refractivity contribution is 0.232. The average molecular weight is 204 g/mol. The number of ether oxygens (including phenoxy) is 1. The van der Waals surface area contributed by atoms with Gasteiger partial charge < -0.3 is 4.74 Å². The molecule has 1 aromatic rings. The first-order valence-corrected chi connectivity index (χ1v) is 5.43. The summed E-state index contributed by atoms with van der Waals surface area (Å²) in [5.74, 6) is 0.716. The summed E-state index contributed by atoms with van der Waals surface area (Å²) < 4.78 is 5.67. The summed E-state index contributed by atoms with van der Waals surface area (Å²) >= 11 is 0. The van der Waals surface area contributed by atoms with Crippen molar-refractivity contribution < 1.29 is 4.74 Å². The van der Waals surface area contributed by atoms with Crippen LogP contribution in [0.2, 0.25) is 0 Å². The molecule has 0 unspecified atom stereocenters. The number of aromatic nitrogens is 1. The molecule has 15 heavy (non-hydrogen) atoms. The molecule has 3 heteroatoms. The van der Waals surface area contributed by atoms with E-state index >= 15 is 0 Å². The third-order valence-corrected chi connectivity index (χ3v) is 2.30. The van der Waals surface area contributed by atoms with Gasteiger partial charge >= 0.3 is 0 Å². The first-order chi connectivity index (χ1) is 7.27. The lowest BCUT2D eigenvalue weighted by atomic mass is 10.1. The van der Waals surface area contributed by atoms with Crippen molar-refractivity contribution in [1.29, 1.82) is 0 Å². The molecule has 1 aromatic heterocycles. The van der Waals surface area contributed by atoms with Gasteiger partial charge in [0.25, 0.3) is 0 Å². The van der Waals surface area contributed by atoms with Gasteiger partial charge in [0.05, 0.1) is 11.7 Å². The molecule has 0 saturated heterocycles. The highest BCUT2D eigenvalue weighted by Gasteiger charge is 2.15. The van der Waals surface area contributed by atoms with Crippen LogP contribution >= 0.6 is 0 Å². The summed E-state index contributed by atoms with van der Waals surface area (Å²) in [6, 6.07) is 3.97. The van der Waals surface area contributed by atoms with E-state index in [-0.39, 0.29) is 6.10 Å². The third-order valence-electron chi connectivity index (χ3n) is 2.30. The van der Waals surface area contributed by atoms with Crippen LogP contribution in [-0.4, -0.2) is 23.3 Å². The van der Waals surface area contributed by atoms with Crippen molar-refractivity contribution in [2.45, 2.75) is 32.8 Å². The topological polar surface area (TPSA) is 34.5 Å². The maximum absolute atomic E-state index is 5.67. The van der Waals surface area contributed by atoms with Crippen LogP contribution in [0.5, 0.6) is 5.88 Å². The maximum atomic E-state index is 5.67. The Hall–Kier alpha value is -1.38. The zero-order valence-corrected chi connectivity index (χ0v) is 9.23. The predicted octanol–water partition coefficient (Wildman–Crippen LogP) is 2.45. The molecule has 2 heterocycles. The molecular formula is C12H16N2O. The quantitative estimate of drug-likeness (QED) is 0.758. The Morgan fingerprint density at radius 1 is 1.40 bits per heavy atom. The van der Waals surface area contributed by atoms with Crippen LogP contribution in [0.3, 0.4) is 0 Å². The van der Waals surface area contributed by atoms with Crippen LogP contribution in [-0.2, 0) is 0 Å². The largest absolute Gasteiger partial charge is 0.474 e. The molecule has 0 atom stereocenters. The molecule has 0 spiro atoms. The number of aliphatic imine (C=N–C) groups is 1. The highest BCUT2D eigenvalue weighted by molar-refractivity contribution is 6.03. The van der Waals surface area contributed by atoms with Gasteiger partial charge in [-0.15, -0.1) is 0 Å². The van der Waals surface area contributed by atoms with Gasteiger partial charge in [-0.05, 0) is 38.8 Å². The van der Waals surface area contributed by atoms with Crippen LogP contribution in [0, 0.1) is 0 Å². The third kappa shape index (κ3) is 2.35. The monoisotopic (exact) mass is 204 g/mol. The van der Waals surface area contributed by atoms with Crippen molar-refractivity contribution in [3.8, 4) is 5.88 Å². The lowest BCUT2D eigenvalue weighted by Gasteiger charge is -2.12. The standard InChI is InChI=1S/C12H16N2O/c1-9(2)15-12-10(5-3-8-14-12)11-6-4-7-13-11/h3,5,8-9H,4,6-7H2,1-2H3. The number of hydrogen-bond donors (Lipinski definition) is 0. The number of rotatable bonds is 3. The number of hydrogen-bond acceptors (Lipinski definition) is 3. The summed E-state index contributed by atoms with van der Waals surface area (Å²) in [7, 11) is 0. The van der Waals surface area contributed by atoms with Gasteiger partial charge in [0.15, 0.2) is 0 Å². The molecule has 3 nitrogen and oxygen atoms in total. The minimum Gasteiger partial charge on any atom is -0.474 e. The fourth-order valence-electron chi connectivity index (χ4n) is 1.69. The maximum Gasteiger partial charge on any atom is 0.222 e. The average Bonchev–Trinajstić information content (AvgIpc) is 2.70. The second-order valence-corrected chi connectivity index (χ2v) is 3.95. The van der Waals surface area contributed by atoms with Gasteiger partial charge in [-0.1, -0.05) is 0 Å². The highest BCUT2D eigenvalue weighted by atomic mass is 16.5. The zero-order valence-electron chi connectivity index (χ0n) is 9.23. The lowest BCUT2D eigenvalue weighted by Crippen LogP contribution is -2.11. The van der Waals surface area contributed by atoms with Crippen molar-refractivity contribution in [2.24, 2.45) is 4.99 Å². The van der Waals surface area contributed by atoms with Gasteiger partial charge in [0, 0.05) is 18.5 Å². The summed E-state index contributed by atoms with van der Waals surface area (Å²) in [5, 5.41) is 0. The first kappa shape index (κ1) is 10.1. The normalized spacial score (nSPS) is 15.5. The molecule has 80 valence electrons. The van der Waals surface area contributed by atoms with E-state index in [2.05, 4.69) is 9.98 Å². The fraction of sp³-hybridized carbons (Fsp3) is 0.500. The van der Waals surface area contributed by atoms with Crippen molar-refractivity contribution >= 4 is 5.71 Å². The Morgan fingerprint density at radius 2 is 2.27 bits per heavy atom. The van der Waals surface area contributed by atoms with E-state index in [1.54, 1.807) is 6.20 Å². The molecule has 0 aromatic carbocycles. The Balaban J connectivity index is 2.29. The van der Waals surface area contributed by atoms with E-state index in [0.717, 1.165) is 30.7 Å². The Bertz CT molecular complexity index is 372. The molecule has 0 saturated carbocycles. The van der Waals surface area contributed by atoms with Crippen molar-refractivity contribution in [2.75, 3.05) is 6.54 Å². The zero-order chi connectivity index (χ0) is 10.7. The van der Waals surface area contributed by atoms with E-state index in [0.29, 0.717) is 5.88 Å². The molecule has 0 amide bonds. The van der Waals surface area contributed by atoms with Crippen molar-refractivity contribution in [1.82, 2.24) is 4.98 Å². The van der Waals surface area contributed by atoms with E-state index in [4.69, 9.17) is 4.74 Å². The first-order valence-electron chi connectivity index (χ1n) is 5.43. The molecule has 0 fully saturated rings. The van der Waals surface area contributed by atoms with E-state index < -0.39 is 0 Å². The van der Waals surface area contributed by atoms with Gasteiger partial charge in [0.2, 0.25) is 5.88 Å². The molecule has 0 radical (unpaired) electrons. The fourth-order valence-corrected chi connectivity index (χ4v) is 1.69. The number of pyridine rings is 1. The second kappa shape index (κ2) is 4.43. The van der Waals surface area contributed by atoms with Gasteiger partial charge in [-0.25, -0.2) is 4.98 Å². The molecule has 0 aliphatic carbocycles. The summed E-state index contributed by atoms with van der Waals surface area (Å²) in [6.07, 6.45) is 4.10. The van der Waals surface area contributed by atoms with E-state index in [1.807, 2.05) is 26.0 Å². The Labute approximate surface area is 90.2 Å². The number of nitrogens with zero attached hydrogens (tertiary/aromatic N) is 2. The predicted molar refractivity (Wildman–Crippen MR) is 60.6 cm³/mol. The molecule has 0 N–H and O–H groups in total. The molecule has 1 aliphatic heterocycles. The Kier molecular flexibility index (Phi) is 2.99. The van der Waals surface area contributed by atoms with Crippen LogP contribution in [0.15, 0.2) is 23.3 Å². The SMILES string of the molecule is CC(C)Oc1ncccc1C1=NCCC1. The van der Waals surface area contributed by atoms with Gasteiger partial charge in [-0.2, -0.15) is 0 Å². The van der Waals surface area contributed by atoms with Crippen LogP contribution in [0.1, 0.15) is 32.3 Å². The minimum atomic E-state index is 0.153. The highest BCUT2D eigenvalue weighted by Crippen LogP contribution is 2.21. The summed E-state index contributed by atoms with van der Waals surface area (Å²) in [4.78, 5) is 8.73. The molecular weight excluding hydrogens is 188 g/mol. The summed E-state index contributed by atoms with van der Waals surface area (Å²) in [6.45, 7) is 4.95. The minimum absolute atomic E-state index is 0.153. The van der Waals surface area contributed by atoms with Crippen molar-refractivity contribution in [3.05, 3.63) is 23.9 Å². The molecule has 1 aliphatic rings. The Morgan fingerprint density at radius 3 is 2.93 bits per heavy atom. The smallest absolute Gasteiger partial charge is 0.222 e. The van der Waals surface area contributed by atoms with Gasteiger partial charge in [-0.3, -0.25) is 4.99 Å². The summed E-state index contributed by atoms with van der Waals surface area (Å²) in [5.41, 5.74) is 2.20. The van der Waals surface area contributed by atoms with Crippen molar-refractivity contribution in [3.63, 3.8) is 0 Å². The van der Waals surface area contributed by atoms with E-state index in [9.17, 15) is 0 Å². The molecule has 0 bridgehead atoms. The van der Waals surface area contributed by atoms with Crippen LogP contribution < -0.4 is 4.74 Å². The molecule has 2 rings (SSSR count). The van der Waals surface area contributed by atoms with Crippen LogP contribution in [0.25, 0.3) is 0 Å². The van der Waals surface area contributed by atoms with Gasteiger partial charge in [0.1, 0.15) is 0 Å². The van der Waals surface area contributed by atoms with Crippen LogP contribution in [0.4, 0.5) is 0 Å². The second-order valence-electron chi connectivity index (χ2n) is 3.95.